The minimum absolute atomic E-state index is 0.0218. The number of piperidine rings is 1. The van der Waals surface area contributed by atoms with E-state index in [9.17, 15) is 0 Å². The summed E-state index contributed by atoms with van der Waals surface area (Å²) in [6, 6.07) is 0.757. The van der Waals surface area contributed by atoms with Crippen molar-refractivity contribution < 1.29 is 4.74 Å². The second-order valence-corrected chi connectivity index (χ2v) is 12.4. The summed E-state index contributed by atoms with van der Waals surface area (Å²) in [5.41, 5.74) is 1.31. The molecule has 28 heavy (non-hydrogen) atoms. The maximum atomic E-state index is 6.28. The minimum Gasteiger partial charge on any atom is -0.374 e. The van der Waals surface area contributed by atoms with Gasteiger partial charge in [0.1, 0.15) is 0 Å². The average Bonchev–Trinajstić information content (AvgIpc) is 3.11. The molecule has 4 heteroatoms. The van der Waals surface area contributed by atoms with E-state index in [0.717, 1.165) is 12.6 Å². The zero-order valence-electron chi connectivity index (χ0n) is 19.5. The highest BCUT2D eigenvalue weighted by atomic mass is 16.5. The van der Waals surface area contributed by atoms with Crippen molar-refractivity contribution in [2.24, 2.45) is 5.41 Å². The van der Waals surface area contributed by atoms with Gasteiger partial charge in [-0.05, 0) is 105 Å². The molecule has 4 aliphatic rings. The molecule has 4 heterocycles. The van der Waals surface area contributed by atoms with Crippen LogP contribution in [0.15, 0.2) is 0 Å². The Labute approximate surface area is 174 Å². The average molecular weight is 392 g/mol. The van der Waals surface area contributed by atoms with Crippen LogP contribution < -0.4 is 0 Å². The van der Waals surface area contributed by atoms with Gasteiger partial charge in [0.05, 0.1) is 12.2 Å². The third-order valence-corrected chi connectivity index (χ3v) is 8.19. The van der Waals surface area contributed by atoms with Gasteiger partial charge in [0.15, 0.2) is 0 Å². The highest BCUT2D eigenvalue weighted by molar-refractivity contribution is 5.06. The van der Waals surface area contributed by atoms with Crippen LogP contribution in [-0.4, -0.2) is 83.3 Å². The fourth-order valence-corrected chi connectivity index (χ4v) is 6.22. The molecule has 0 aromatic rings. The summed E-state index contributed by atoms with van der Waals surface area (Å²) in [5, 5.41) is 0. The molecule has 0 radical (unpaired) electrons. The maximum absolute atomic E-state index is 6.28. The molecule has 2 unspecified atom stereocenters. The number of nitrogens with zero attached hydrogens (tertiary/aromatic N) is 3. The summed E-state index contributed by atoms with van der Waals surface area (Å²) >= 11 is 0. The Morgan fingerprint density at radius 3 is 2.18 bits per heavy atom. The van der Waals surface area contributed by atoms with Crippen LogP contribution in [0.2, 0.25) is 0 Å². The first-order valence-electron chi connectivity index (χ1n) is 11.9. The number of rotatable bonds is 4. The number of ether oxygens (including phenoxy) is 1. The summed E-state index contributed by atoms with van der Waals surface area (Å²) in [6.07, 6.45) is 8.22. The van der Waals surface area contributed by atoms with Crippen molar-refractivity contribution in [2.75, 3.05) is 45.9 Å². The van der Waals surface area contributed by atoms with Crippen molar-refractivity contribution in [3.63, 3.8) is 0 Å². The molecule has 0 saturated carbocycles. The molecule has 4 fully saturated rings. The van der Waals surface area contributed by atoms with Crippen LogP contribution in [0.1, 0.15) is 80.1 Å². The van der Waals surface area contributed by atoms with Crippen molar-refractivity contribution >= 4 is 0 Å². The van der Waals surface area contributed by atoms with E-state index in [1.54, 1.807) is 0 Å². The second-order valence-electron chi connectivity index (χ2n) is 12.4. The Balaban J connectivity index is 1.27. The van der Waals surface area contributed by atoms with Crippen LogP contribution in [0.5, 0.6) is 0 Å². The standard InChI is InChI=1S/C24H45N3O/c1-21(2,3)26-17-23(18-26)11-14-25(15-12-23)16-20-8-10-24(9-7-13-27(20)24)19-28-22(4,5)6/h20H,7-19H2,1-6H3. The third-order valence-electron chi connectivity index (χ3n) is 8.19. The molecule has 162 valence electrons. The molecule has 2 atom stereocenters. The van der Waals surface area contributed by atoms with E-state index in [1.807, 2.05) is 0 Å². The zero-order chi connectivity index (χ0) is 20.2. The molecule has 0 bridgehead atoms. The van der Waals surface area contributed by atoms with Crippen LogP contribution >= 0.6 is 0 Å². The van der Waals surface area contributed by atoms with E-state index < -0.39 is 0 Å². The summed E-state index contributed by atoms with van der Waals surface area (Å²) in [4.78, 5) is 8.32. The van der Waals surface area contributed by atoms with Gasteiger partial charge in [-0.2, -0.15) is 0 Å². The maximum Gasteiger partial charge on any atom is 0.0657 e. The molecule has 0 amide bonds. The lowest BCUT2D eigenvalue weighted by atomic mass is 9.70. The third kappa shape index (κ3) is 4.17. The Bertz CT molecular complexity index is 547. The van der Waals surface area contributed by atoms with E-state index >= 15 is 0 Å². The van der Waals surface area contributed by atoms with E-state index in [2.05, 4.69) is 56.2 Å². The highest BCUT2D eigenvalue weighted by Crippen LogP contribution is 2.45. The number of hydrogen-bond donors (Lipinski definition) is 0. The van der Waals surface area contributed by atoms with Crippen LogP contribution in [0, 0.1) is 5.41 Å². The molecule has 4 aliphatic heterocycles. The van der Waals surface area contributed by atoms with Crippen LogP contribution in [-0.2, 0) is 4.74 Å². The molecule has 4 nitrogen and oxygen atoms in total. The summed E-state index contributed by atoms with van der Waals surface area (Å²) < 4.78 is 6.28. The molecule has 0 aromatic carbocycles. The van der Waals surface area contributed by atoms with E-state index in [4.69, 9.17) is 4.74 Å². The van der Waals surface area contributed by atoms with E-state index in [1.165, 1.54) is 77.8 Å². The minimum atomic E-state index is -0.0218. The van der Waals surface area contributed by atoms with Gasteiger partial charge >= 0.3 is 0 Å². The molecule has 0 N–H and O–H groups in total. The Kier molecular flexibility index (Phi) is 5.43. The normalized spacial score (nSPS) is 34.7. The van der Waals surface area contributed by atoms with Crippen molar-refractivity contribution in [3.05, 3.63) is 0 Å². The predicted octanol–water partition coefficient (Wildman–Crippen LogP) is 3.99. The number of fused-ring (bicyclic) bond motifs is 1. The van der Waals surface area contributed by atoms with Gasteiger partial charge in [0, 0.05) is 36.8 Å². The SMILES string of the molecule is CC(C)(C)OCC12CCCN1C(CN1CCC3(CC1)CN(C(C)(C)C)C3)CC2. The van der Waals surface area contributed by atoms with Crippen LogP contribution in [0.3, 0.4) is 0 Å². The quantitative estimate of drug-likeness (QED) is 0.721. The number of likely N-dealkylation sites (tertiary alicyclic amines) is 2. The van der Waals surface area contributed by atoms with Gasteiger partial charge in [0.25, 0.3) is 0 Å². The van der Waals surface area contributed by atoms with Crippen molar-refractivity contribution in [1.82, 2.24) is 14.7 Å². The smallest absolute Gasteiger partial charge is 0.0657 e. The molecular formula is C24H45N3O. The lowest BCUT2D eigenvalue weighted by Gasteiger charge is -2.58. The van der Waals surface area contributed by atoms with Gasteiger partial charge in [-0.15, -0.1) is 0 Å². The van der Waals surface area contributed by atoms with Gasteiger partial charge in [-0.3, -0.25) is 9.80 Å². The Morgan fingerprint density at radius 1 is 0.893 bits per heavy atom. The first kappa shape index (κ1) is 21.1. The van der Waals surface area contributed by atoms with Gasteiger partial charge in [0.2, 0.25) is 0 Å². The molecule has 0 aliphatic carbocycles. The van der Waals surface area contributed by atoms with Gasteiger partial charge in [-0.25, -0.2) is 0 Å². The molecular weight excluding hydrogens is 346 g/mol. The lowest BCUT2D eigenvalue weighted by molar-refractivity contribution is -0.0927. The first-order chi connectivity index (χ1) is 13.0. The highest BCUT2D eigenvalue weighted by Gasteiger charge is 2.51. The first-order valence-corrected chi connectivity index (χ1v) is 11.9. The van der Waals surface area contributed by atoms with Crippen molar-refractivity contribution in [2.45, 2.75) is 103 Å². The summed E-state index contributed by atoms with van der Waals surface area (Å²) in [6.45, 7) is 22.5. The fourth-order valence-electron chi connectivity index (χ4n) is 6.22. The summed E-state index contributed by atoms with van der Waals surface area (Å²) in [5.74, 6) is 0. The lowest BCUT2D eigenvalue weighted by Crippen LogP contribution is -2.65. The molecule has 4 rings (SSSR count). The van der Waals surface area contributed by atoms with Crippen LogP contribution in [0.4, 0.5) is 0 Å². The largest absolute Gasteiger partial charge is 0.374 e. The molecule has 1 spiro atoms. The van der Waals surface area contributed by atoms with Crippen molar-refractivity contribution in [1.29, 1.82) is 0 Å². The van der Waals surface area contributed by atoms with E-state index in [-0.39, 0.29) is 5.60 Å². The van der Waals surface area contributed by atoms with E-state index in [0.29, 0.717) is 16.5 Å². The van der Waals surface area contributed by atoms with Gasteiger partial charge in [-0.1, -0.05) is 0 Å². The van der Waals surface area contributed by atoms with Crippen LogP contribution in [0.25, 0.3) is 0 Å². The summed E-state index contributed by atoms with van der Waals surface area (Å²) in [7, 11) is 0. The Morgan fingerprint density at radius 2 is 1.57 bits per heavy atom. The molecule has 0 aromatic heterocycles. The Hall–Kier alpha value is -0.160. The second kappa shape index (κ2) is 7.21. The van der Waals surface area contributed by atoms with Crippen molar-refractivity contribution in [3.8, 4) is 0 Å². The topological polar surface area (TPSA) is 19.0 Å². The van der Waals surface area contributed by atoms with Gasteiger partial charge < -0.3 is 9.64 Å². The zero-order valence-corrected chi connectivity index (χ0v) is 19.5. The molecule has 4 saturated heterocycles. The predicted molar refractivity (Wildman–Crippen MR) is 117 cm³/mol. The number of hydrogen-bond acceptors (Lipinski definition) is 4. The fraction of sp³-hybridized carbons (Fsp3) is 1.00. The monoisotopic (exact) mass is 391 g/mol.